The van der Waals surface area contributed by atoms with E-state index < -0.39 is 35.6 Å². The molecule has 9 heteroatoms. The van der Waals surface area contributed by atoms with Crippen molar-refractivity contribution in [3.8, 4) is 0 Å². The predicted octanol–water partition coefficient (Wildman–Crippen LogP) is 4.88. The highest BCUT2D eigenvalue weighted by molar-refractivity contribution is 7.22. The summed E-state index contributed by atoms with van der Waals surface area (Å²) in [6.07, 6.45) is -3.80. The lowest BCUT2D eigenvalue weighted by Crippen LogP contribution is -2.34. The number of amides is 1. The van der Waals surface area contributed by atoms with Crippen molar-refractivity contribution >= 4 is 32.6 Å². The van der Waals surface area contributed by atoms with Gasteiger partial charge in [0.2, 0.25) is 5.91 Å². The average Bonchev–Trinajstić information content (AvgIpc) is 2.88. The van der Waals surface area contributed by atoms with Gasteiger partial charge in [0.1, 0.15) is 0 Å². The lowest BCUT2D eigenvalue weighted by molar-refractivity contribution is -0.185. The molecule has 2 atom stereocenters. The van der Waals surface area contributed by atoms with E-state index in [1.54, 1.807) is 0 Å². The van der Waals surface area contributed by atoms with Crippen LogP contribution in [-0.2, 0) is 4.79 Å². The van der Waals surface area contributed by atoms with Gasteiger partial charge >= 0.3 is 6.18 Å². The van der Waals surface area contributed by atoms with Crippen LogP contribution in [0.2, 0.25) is 0 Å². The highest BCUT2D eigenvalue weighted by Crippen LogP contribution is 2.40. The fourth-order valence-electron chi connectivity index (χ4n) is 2.91. The summed E-state index contributed by atoms with van der Waals surface area (Å²) in [5.41, 5.74) is 0.186. The smallest absolute Gasteiger partial charge is 0.302 e. The summed E-state index contributed by atoms with van der Waals surface area (Å²) in [6, 6.07) is 1.88. The number of carbonyl (C=O) groups excluding carboxylic acids is 1. The Hall–Kier alpha value is -1.77. The summed E-state index contributed by atoms with van der Waals surface area (Å²) in [5, 5.41) is 2.59. The number of anilines is 1. The molecule has 1 aromatic carbocycles. The maximum atomic E-state index is 13.2. The Kier molecular flexibility index (Phi) is 4.46. The second kappa shape index (κ2) is 6.27. The van der Waals surface area contributed by atoms with Crippen LogP contribution >= 0.6 is 11.3 Å². The predicted molar refractivity (Wildman–Crippen MR) is 79.7 cm³/mol. The third kappa shape index (κ3) is 3.50. The van der Waals surface area contributed by atoms with Crippen molar-refractivity contribution in [1.29, 1.82) is 0 Å². The fraction of sp³-hybridized carbons (Fsp3) is 0.467. The van der Waals surface area contributed by atoms with Crippen LogP contribution in [0.3, 0.4) is 0 Å². The largest absolute Gasteiger partial charge is 0.391 e. The van der Waals surface area contributed by atoms with Crippen LogP contribution in [0.15, 0.2) is 12.1 Å². The molecule has 0 saturated heterocycles. The van der Waals surface area contributed by atoms with Crippen molar-refractivity contribution in [2.75, 3.05) is 5.32 Å². The molecule has 1 N–H and O–H groups in total. The van der Waals surface area contributed by atoms with Crippen molar-refractivity contribution in [3.05, 3.63) is 23.8 Å². The second-order valence-corrected chi connectivity index (χ2v) is 6.88. The molecule has 2 unspecified atom stereocenters. The van der Waals surface area contributed by atoms with Crippen LogP contribution in [0.5, 0.6) is 0 Å². The van der Waals surface area contributed by atoms with E-state index in [4.69, 9.17) is 0 Å². The highest BCUT2D eigenvalue weighted by atomic mass is 32.1. The maximum absolute atomic E-state index is 13.2. The molecule has 1 amide bonds. The number of alkyl halides is 3. The van der Waals surface area contributed by atoms with Crippen LogP contribution in [0.1, 0.15) is 25.7 Å². The van der Waals surface area contributed by atoms with E-state index in [0.29, 0.717) is 17.5 Å². The molecule has 1 aliphatic rings. The Morgan fingerprint density at radius 3 is 2.62 bits per heavy atom. The number of aromatic nitrogens is 1. The Morgan fingerprint density at radius 2 is 1.92 bits per heavy atom. The van der Waals surface area contributed by atoms with Gasteiger partial charge in [0.05, 0.1) is 16.1 Å². The Bertz CT molecular complexity index is 734. The summed E-state index contributed by atoms with van der Waals surface area (Å²) >= 11 is 0.947. The van der Waals surface area contributed by atoms with Gasteiger partial charge in [-0.05, 0) is 25.3 Å². The molecular formula is C15H13F5N2OS. The Morgan fingerprint density at radius 1 is 1.21 bits per heavy atom. The van der Waals surface area contributed by atoms with E-state index in [1.807, 2.05) is 0 Å². The van der Waals surface area contributed by atoms with Crippen molar-refractivity contribution in [2.24, 2.45) is 11.8 Å². The molecule has 0 radical (unpaired) electrons. The minimum Gasteiger partial charge on any atom is -0.302 e. The first-order chi connectivity index (χ1) is 11.2. The van der Waals surface area contributed by atoms with Crippen molar-refractivity contribution < 1.29 is 26.7 Å². The SMILES string of the molecule is O=C(Nc1nc2cc(F)c(F)cc2s1)C1CCCC(C(F)(F)F)C1. The van der Waals surface area contributed by atoms with Gasteiger partial charge in [0.25, 0.3) is 0 Å². The Balaban J connectivity index is 1.72. The van der Waals surface area contributed by atoms with E-state index in [-0.39, 0.29) is 23.5 Å². The van der Waals surface area contributed by atoms with E-state index >= 15 is 0 Å². The van der Waals surface area contributed by atoms with Gasteiger partial charge in [-0.25, -0.2) is 13.8 Å². The normalized spacial score (nSPS) is 21.9. The van der Waals surface area contributed by atoms with Gasteiger partial charge < -0.3 is 5.32 Å². The third-order valence-electron chi connectivity index (χ3n) is 4.17. The number of carbonyl (C=O) groups is 1. The summed E-state index contributed by atoms with van der Waals surface area (Å²) in [5.74, 6) is -4.83. The first-order valence-electron chi connectivity index (χ1n) is 7.37. The third-order valence-corrected chi connectivity index (χ3v) is 5.10. The van der Waals surface area contributed by atoms with Crippen LogP contribution in [0.4, 0.5) is 27.1 Å². The van der Waals surface area contributed by atoms with Crippen molar-refractivity contribution in [1.82, 2.24) is 4.98 Å². The summed E-state index contributed by atoms with van der Waals surface area (Å²) in [7, 11) is 0. The molecule has 3 nitrogen and oxygen atoms in total. The number of halogens is 5. The number of nitrogens with one attached hydrogen (secondary N) is 1. The van der Waals surface area contributed by atoms with Crippen LogP contribution in [0, 0.1) is 23.5 Å². The van der Waals surface area contributed by atoms with Gasteiger partial charge in [0, 0.05) is 12.0 Å². The average molecular weight is 364 g/mol. The Labute approximate surface area is 137 Å². The first-order valence-corrected chi connectivity index (χ1v) is 8.19. The van der Waals surface area contributed by atoms with Gasteiger partial charge in [-0.1, -0.05) is 17.8 Å². The lowest BCUT2D eigenvalue weighted by atomic mass is 9.80. The molecule has 130 valence electrons. The minimum absolute atomic E-state index is 0.0347. The molecule has 0 bridgehead atoms. The number of rotatable bonds is 2. The van der Waals surface area contributed by atoms with Gasteiger partial charge in [-0.2, -0.15) is 13.2 Å². The van der Waals surface area contributed by atoms with E-state index in [0.717, 1.165) is 23.5 Å². The molecule has 3 rings (SSSR count). The number of fused-ring (bicyclic) bond motifs is 1. The zero-order valence-corrected chi connectivity index (χ0v) is 13.1. The lowest BCUT2D eigenvalue weighted by Gasteiger charge is -2.29. The quantitative estimate of drug-likeness (QED) is 0.772. The highest BCUT2D eigenvalue weighted by Gasteiger charge is 2.43. The van der Waals surface area contributed by atoms with Crippen molar-refractivity contribution in [3.63, 3.8) is 0 Å². The molecule has 2 aromatic rings. The topological polar surface area (TPSA) is 42.0 Å². The monoisotopic (exact) mass is 364 g/mol. The molecule has 1 saturated carbocycles. The van der Waals surface area contributed by atoms with E-state index in [9.17, 15) is 26.7 Å². The number of benzene rings is 1. The maximum Gasteiger partial charge on any atom is 0.391 e. The van der Waals surface area contributed by atoms with Crippen molar-refractivity contribution in [2.45, 2.75) is 31.9 Å². The van der Waals surface area contributed by atoms with E-state index in [1.165, 1.54) is 0 Å². The first kappa shape index (κ1) is 17.1. The van der Waals surface area contributed by atoms with Crippen LogP contribution < -0.4 is 5.32 Å². The second-order valence-electron chi connectivity index (χ2n) is 5.84. The molecule has 0 aliphatic heterocycles. The number of thiazole rings is 1. The van der Waals surface area contributed by atoms with Crippen LogP contribution in [0.25, 0.3) is 10.2 Å². The fourth-order valence-corrected chi connectivity index (χ4v) is 3.79. The zero-order chi connectivity index (χ0) is 17.5. The molecule has 0 spiro atoms. The zero-order valence-electron chi connectivity index (χ0n) is 12.3. The number of nitrogens with zero attached hydrogens (tertiary/aromatic N) is 1. The molecule has 1 aliphatic carbocycles. The summed E-state index contributed by atoms with van der Waals surface area (Å²) in [4.78, 5) is 16.2. The molecule has 1 heterocycles. The molecule has 1 aromatic heterocycles. The van der Waals surface area contributed by atoms with Gasteiger partial charge in [-0.15, -0.1) is 0 Å². The van der Waals surface area contributed by atoms with Crippen LogP contribution in [-0.4, -0.2) is 17.1 Å². The summed E-state index contributed by atoms with van der Waals surface area (Å²) in [6.45, 7) is 0. The molecular weight excluding hydrogens is 351 g/mol. The number of hydrogen-bond acceptors (Lipinski definition) is 3. The van der Waals surface area contributed by atoms with E-state index in [2.05, 4.69) is 10.3 Å². The molecule has 1 fully saturated rings. The number of hydrogen-bond donors (Lipinski definition) is 1. The standard InChI is InChI=1S/C15H13F5N2OS/c16-9-5-11-12(6-10(9)17)24-14(21-11)22-13(23)7-2-1-3-8(4-7)15(18,19)20/h5-8H,1-4H2,(H,21,22,23). The summed E-state index contributed by atoms with van der Waals surface area (Å²) < 4.78 is 65.1. The molecule has 24 heavy (non-hydrogen) atoms. The minimum atomic E-state index is -4.30. The van der Waals surface area contributed by atoms with Gasteiger partial charge in [0.15, 0.2) is 16.8 Å². The van der Waals surface area contributed by atoms with Gasteiger partial charge in [-0.3, -0.25) is 4.79 Å².